The van der Waals surface area contributed by atoms with Gasteiger partial charge in [-0.15, -0.1) is 0 Å². The molecule has 0 spiro atoms. The first-order chi connectivity index (χ1) is 9.98. The minimum absolute atomic E-state index is 0.0501. The zero-order valence-electron chi connectivity index (χ0n) is 11.8. The summed E-state index contributed by atoms with van der Waals surface area (Å²) in [5, 5.41) is 8.96. The molecule has 1 heterocycles. The second kappa shape index (κ2) is 6.89. The van der Waals surface area contributed by atoms with Crippen molar-refractivity contribution in [3.8, 4) is 0 Å². The topological polar surface area (TPSA) is 79.5 Å². The highest BCUT2D eigenvalue weighted by molar-refractivity contribution is 7.88. The van der Waals surface area contributed by atoms with E-state index in [1.165, 1.54) is 0 Å². The second-order valence-corrected chi connectivity index (χ2v) is 6.79. The molecule has 0 amide bonds. The average Bonchev–Trinajstić information content (AvgIpc) is 2.91. The van der Waals surface area contributed by atoms with Crippen LogP contribution in [0.2, 0.25) is 0 Å². The van der Waals surface area contributed by atoms with Gasteiger partial charge < -0.3 is 9.52 Å². The maximum atomic E-state index is 12.1. The van der Waals surface area contributed by atoms with Gasteiger partial charge in [-0.2, -0.15) is 0 Å². The summed E-state index contributed by atoms with van der Waals surface area (Å²) in [6, 6.07) is 10.2. The number of benzene rings is 1. The molecule has 6 heteroatoms. The lowest BCUT2D eigenvalue weighted by Crippen LogP contribution is -2.34. The van der Waals surface area contributed by atoms with Gasteiger partial charge in [-0.25, -0.2) is 13.1 Å². The summed E-state index contributed by atoms with van der Waals surface area (Å²) in [6.45, 7) is 1.75. The highest BCUT2D eigenvalue weighted by Gasteiger charge is 2.16. The van der Waals surface area contributed by atoms with E-state index < -0.39 is 10.0 Å². The van der Waals surface area contributed by atoms with E-state index >= 15 is 0 Å². The SMILES string of the molecule is CC(Cc1ccco1)NS(=O)(=O)Cc1ccc(CO)cc1. The van der Waals surface area contributed by atoms with Crippen LogP contribution >= 0.6 is 0 Å². The van der Waals surface area contributed by atoms with E-state index in [1.54, 1.807) is 43.5 Å². The van der Waals surface area contributed by atoms with Gasteiger partial charge >= 0.3 is 0 Å². The van der Waals surface area contributed by atoms with Crippen molar-refractivity contribution in [2.45, 2.75) is 31.7 Å². The first-order valence-corrected chi connectivity index (χ1v) is 8.35. The Morgan fingerprint density at radius 1 is 1.19 bits per heavy atom. The molecule has 1 unspecified atom stereocenters. The van der Waals surface area contributed by atoms with Crippen LogP contribution in [0.25, 0.3) is 0 Å². The van der Waals surface area contributed by atoms with Crippen LogP contribution in [0, 0.1) is 0 Å². The fourth-order valence-electron chi connectivity index (χ4n) is 2.08. The highest BCUT2D eigenvalue weighted by atomic mass is 32.2. The van der Waals surface area contributed by atoms with Gasteiger partial charge in [-0.05, 0) is 30.2 Å². The van der Waals surface area contributed by atoms with Crippen LogP contribution in [0.1, 0.15) is 23.8 Å². The summed E-state index contributed by atoms with van der Waals surface area (Å²) in [6.07, 6.45) is 2.08. The van der Waals surface area contributed by atoms with Gasteiger partial charge in [0.25, 0.3) is 0 Å². The number of aliphatic hydroxyl groups excluding tert-OH is 1. The number of furan rings is 1. The molecule has 1 aromatic carbocycles. The van der Waals surface area contributed by atoms with Gasteiger partial charge in [-0.3, -0.25) is 0 Å². The van der Waals surface area contributed by atoms with Crippen LogP contribution in [0.5, 0.6) is 0 Å². The van der Waals surface area contributed by atoms with E-state index in [9.17, 15) is 8.42 Å². The Balaban J connectivity index is 1.94. The Kier molecular flexibility index (Phi) is 5.17. The Morgan fingerprint density at radius 2 is 1.86 bits per heavy atom. The van der Waals surface area contributed by atoms with Crippen molar-refractivity contribution in [1.82, 2.24) is 4.72 Å². The van der Waals surface area contributed by atoms with Crippen LogP contribution in [0.3, 0.4) is 0 Å². The van der Waals surface area contributed by atoms with Gasteiger partial charge in [0, 0.05) is 12.5 Å². The molecule has 0 aliphatic heterocycles. The molecular weight excluding hydrogens is 290 g/mol. The third kappa shape index (κ3) is 5.00. The molecule has 1 aromatic heterocycles. The molecule has 2 N–H and O–H groups in total. The fraction of sp³-hybridized carbons (Fsp3) is 0.333. The standard InChI is InChI=1S/C15H19NO4S/c1-12(9-15-3-2-8-20-15)16-21(18,19)11-14-6-4-13(10-17)5-7-14/h2-8,12,16-17H,9-11H2,1H3. The maximum Gasteiger partial charge on any atom is 0.216 e. The van der Waals surface area contributed by atoms with Crippen molar-refractivity contribution in [2.24, 2.45) is 0 Å². The molecule has 2 aromatic rings. The van der Waals surface area contributed by atoms with Gasteiger partial charge in [0.05, 0.1) is 18.6 Å². The molecule has 0 radical (unpaired) electrons. The van der Waals surface area contributed by atoms with Crippen LogP contribution < -0.4 is 4.72 Å². The number of sulfonamides is 1. The number of aliphatic hydroxyl groups is 1. The zero-order chi connectivity index (χ0) is 15.3. The quantitative estimate of drug-likeness (QED) is 0.817. The number of hydrogen-bond acceptors (Lipinski definition) is 4. The lowest BCUT2D eigenvalue weighted by atomic mass is 10.2. The first-order valence-electron chi connectivity index (χ1n) is 6.69. The summed E-state index contributed by atoms with van der Waals surface area (Å²) in [7, 11) is -3.41. The molecule has 114 valence electrons. The third-order valence-electron chi connectivity index (χ3n) is 3.03. The zero-order valence-corrected chi connectivity index (χ0v) is 12.6. The van der Waals surface area contributed by atoms with Crippen molar-refractivity contribution in [1.29, 1.82) is 0 Å². The lowest BCUT2D eigenvalue weighted by molar-refractivity contribution is 0.282. The first kappa shape index (κ1) is 15.8. The molecule has 2 rings (SSSR count). The Morgan fingerprint density at radius 3 is 2.43 bits per heavy atom. The van der Waals surface area contributed by atoms with E-state index in [0.717, 1.165) is 11.3 Å². The van der Waals surface area contributed by atoms with Gasteiger partial charge in [0.1, 0.15) is 5.76 Å². The van der Waals surface area contributed by atoms with Crippen LogP contribution in [0.4, 0.5) is 0 Å². The van der Waals surface area contributed by atoms with Gasteiger partial charge in [-0.1, -0.05) is 24.3 Å². The molecular formula is C15H19NO4S. The van der Waals surface area contributed by atoms with Crippen molar-refractivity contribution >= 4 is 10.0 Å². The van der Waals surface area contributed by atoms with Crippen LogP contribution in [-0.4, -0.2) is 19.6 Å². The lowest BCUT2D eigenvalue weighted by Gasteiger charge is -2.13. The molecule has 5 nitrogen and oxygen atoms in total. The molecule has 0 aliphatic carbocycles. The van der Waals surface area contributed by atoms with E-state index in [4.69, 9.17) is 9.52 Å². The van der Waals surface area contributed by atoms with E-state index in [-0.39, 0.29) is 18.4 Å². The van der Waals surface area contributed by atoms with Crippen molar-refractivity contribution in [3.05, 3.63) is 59.5 Å². The summed E-state index contributed by atoms with van der Waals surface area (Å²) >= 11 is 0. The number of hydrogen-bond donors (Lipinski definition) is 2. The van der Waals surface area contributed by atoms with E-state index in [2.05, 4.69) is 4.72 Å². The second-order valence-electron chi connectivity index (χ2n) is 5.04. The minimum Gasteiger partial charge on any atom is -0.469 e. The van der Waals surface area contributed by atoms with Crippen molar-refractivity contribution < 1.29 is 17.9 Å². The summed E-state index contributed by atoms with van der Waals surface area (Å²) in [5.74, 6) is 0.666. The van der Waals surface area contributed by atoms with Crippen molar-refractivity contribution in [3.63, 3.8) is 0 Å². The summed E-state index contributed by atoms with van der Waals surface area (Å²) in [4.78, 5) is 0. The number of nitrogens with one attached hydrogen (secondary N) is 1. The maximum absolute atomic E-state index is 12.1. The Labute approximate surface area is 124 Å². The fourth-order valence-corrected chi connectivity index (χ4v) is 3.49. The Hall–Kier alpha value is -1.63. The average molecular weight is 309 g/mol. The van der Waals surface area contributed by atoms with Gasteiger partial charge in [0.15, 0.2) is 0 Å². The molecule has 0 saturated carbocycles. The van der Waals surface area contributed by atoms with E-state index in [0.29, 0.717) is 12.0 Å². The Bertz CT molecular complexity index is 647. The normalized spacial score (nSPS) is 13.2. The van der Waals surface area contributed by atoms with Gasteiger partial charge in [0.2, 0.25) is 10.0 Å². The molecule has 0 fully saturated rings. The predicted octanol–water partition coefficient (Wildman–Crippen LogP) is 1.82. The summed E-state index contributed by atoms with van der Waals surface area (Å²) < 4.78 is 32.0. The van der Waals surface area contributed by atoms with Crippen molar-refractivity contribution in [2.75, 3.05) is 0 Å². The molecule has 21 heavy (non-hydrogen) atoms. The highest BCUT2D eigenvalue weighted by Crippen LogP contribution is 2.10. The van der Waals surface area contributed by atoms with E-state index in [1.807, 2.05) is 6.07 Å². The van der Waals surface area contributed by atoms with Crippen LogP contribution in [0.15, 0.2) is 47.1 Å². The predicted molar refractivity (Wildman–Crippen MR) is 80.0 cm³/mol. The monoisotopic (exact) mass is 309 g/mol. The minimum atomic E-state index is -3.41. The van der Waals surface area contributed by atoms with Crippen LogP contribution in [-0.2, 0) is 28.8 Å². The summed E-state index contributed by atoms with van der Waals surface area (Å²) in [5.41, 5.74) is 1.44. The smallest absolute Gasteiger partial charge is 0.216 e. The largest absolute Gasteiger partial charge is 0.469 e. The molecule has 0 bridgehead atoms. The third-order valence-corrected chi connectivity index (χ3v) is 4.51. The number of rotatable bonds is 7. The molecule has 0 saturated heterocycles. The molecule has 1 atom stereocenters. The molecule has 0 aliphatic rings.